The summed E-state index contributed by atoms with van der Waals surface area (Å²) in [5, 5.41) is 31.7. The lowest BCUT2D eigenvalue weighted by Gasteiger charge is -2.11. The van der Waals surface area contributed by atoms with Crippen LogP contribution in [0.1, 0.15) is 31.4 Å². The van der Waals surface area contributed by atoms with Crippen molar-refractivity contribution in [3.8, 4) is 0 Å². The van der Waals surface area contributed by atoms with Gasteiger partial charge in [0.15, 0.2) is 5.82 Å². The van der Waals surface area contributed by atoms with Crippen molar-refractivity contribution in [2.45, 2.75) is 33.4 Å². The molecule has 0 fully saturated rings. The molecule has 0 bridgehead atoms. The van der Waals surface area contributed by atoms with Crippen molar-refractivity contribution in [3.63, 3.8) is 0 Å². The summed E-state index contributed by atoms with van der Waals surface area (Å²) in [4.78, 5) is 10.7. The lowest BCUT2D eigenvalue weighted by molar-refractivity contribution is -0.384. The van der Waals surface area contributed by atoms with Gasteiger partial charge in [0, 0.05) is 6.54 Å². The summed E-state index contributed by atoms with van der Waals surface area (Å²) in [6, 6.07) is -0.321. The standard InChI is InChI=1S/C9H14N8O2/c1-4-16-9(7(17(18)19)5(2)13-16)10-6(3)8-11-14-15-12-8/h6,10H,4H2,1-3H3,(H,11,12,14,15). The Morgan fingerprint density at radius 2 is 2.32 bits per heavy atom. The number of nitrogens with zero attached hydrogens (tertiary/aromatic N) is 6. The van der Waals surface area contributed by atoms with Crippen molar-refractivity contribution in [2.75, 3.05) is 5.32 Å². The molecule has 2 aromatic heterocycles. The SMILES string of the molecule is CCn1nc(C)c([N+](=O)[O-])c1NC(C)c1nn[nH]n1. The molecular formula is C9H14N8O2. The van der Waals surface area contributed by atoms with Gasteiger partial charge in [-0.2, -0.15) is 10.3 Å². The largest absolute Gasteiger partial charge is 0.355 e. The average Bonchev–Trinajstić information content (AvgIpc) is 2.96. The number of anilines is 1. The van der Waals surface area contributed by atoms with Gasteiger partial charge in [0.1, 0.15) is 5.69 Å². The first-order valence-electron chi connectivity index (χ1n) is 5.76. The normalized spacial score (nSPS) is 12.4. The molecule has 0 saturated carbocycles. The smallest absolute Gasteiger partial charge is 0.333 e. The van der Waals surface area contributed by atoms with Crippen LogP contribution in [0.4, 0.5) is 11.5 Å². The van der Waals surface area contributed by atoms with E-state index in [2.05, 4.69) is 31.0 Å². The zero-order valence-electron chi connectivity index (χ0n) is 10.8. The monoisotopic (exact) mass is 266 g/mol. The Kier molecular flexibility index (Phi) is 3.40. The number of rotatable bonds is 5. The van der Waals surface area contributed by atoms with Crippen LogP contribution < -0.4 is 5.32 Å². The molecule has 0 saturated heterocycles. The highest BCUT2D eigenvalue weighted by Gasteiger charge is 2.26. The van der Waals surface area contributed by atoms with Crippen LogP contribution in [0.15, 0.2) is 0 Å². The predicted molar refractivity (Wildman–Crippen MR) is 65.5 cm³/mol. The van der Waals surface area contributed by atoms with E-state index in [9.17, 15) is 10.1 Å². The first-order chi connectivity index (χ1) is 9.04. The summed E-state index contributed by atoms with van der Waals surface area (Å²) in [5.74, 6) is 0.776. The van der Waals surface area contributed by atoms with Gasteiger partial charge in [-0.1, -0.05) is 5.21 Å². The Morgan fingerprint density at radius 1 is 1.58 bits per heavy atom. The summed E-state index contributed by atoms with van der Waals surface area (Å²) in [7, 11) is 0. The molecule has 10 nitrogen and oxygen atoms in total. The van der Waals surface area contributed by atoms with Gasteiger partial charge in [-0.05, 0) is 20.8 Å². The molecule has 2 heterocycles. The van der Waals surface area contributed by atoms with Gasteiger partial charge >= 0.3 is 5.69 Å². The van der Waals surface area contributed by atoms with Gasteiger partial charge in [-0.15, -0.1) is 10.2 Å². The fourth-order valence-electron chi connectivity index (χ4n) is 1.78. The summed E-state index contributed by atoms with van der Waals surface area (Å²) in [6.07, 6.45) is 0. The second-order valence-electron chi connectivity index (χ2n) is 3.99. The molecule has 0 aliphatic carbocycles. The lowest BCUT2D eigenvalue weighted by atomic mass is 10.3. The molecule has 2 rings (SSSR count). The third-order valence-electron chi connectivity index (χ3n) is 2.68. The Balaban J connectivity index is 2.35. The molecule has 2 N–H and O–H groups in total. The summed E-state index contributed by atoms with van der Waals surface area (Å²) in [6.45, 7) is 5.78. The van der Waals surface area contributed by atoms with E-state index in [0.29, 0.717) is 23.9 Å². The fraction of sp³-hybridized carbons (Fsp3) is 0.556. The minimum absolute atomic E-state index is 0.0304. The molecule has 102 valence electrons. The number of nitro groups is 1. The van der Waals surface area contributed by atoms with E-state index in [-0.39, 0.29) is 11.7 Å². The molecule has 10 heteroatoms. The van der Waals surface area contributed by atoms with Crippen LogP contribution in [0.25, 0.3) is 0 Å². The highest BCUT2D eigenvalue weighted by molar-refractivity contribution is 5.60. The second kappa shape index (κ2) is 5.00. The number of aromatic nitrogens is 6. The molecule has 0 amide bonds. The molecule has 0 aliphatic heterocycles. The van der Waals surface area contributed by atoms with Crippen LogP contribution in [-0.4, -0.2) is 35.3 Å². The molecule has 1 atom stereocenters. The van der Waals surface area contributed by atoms with E-state index in [1.165, 1.54) is 0 Å². The Morgan fingerprint density at radius 3 is 2.84 bits per heavy atom. The van der Waals surface area contributed by atoms with E-state index in [1.54, 1.807) is 18.5 Å². The van der Waals surface area contributed by atoms with Crippen LogP contribution in [-0.2, 0) is 6.54 Å². The molecular weight excluding hydrogens is 252 g/mol. The maximum atomic E-state index is 11.1. The molecule has 19 heavy (non-hydrogen) atoms. The van der Waals surface area contributed by atoms with E-state index >= 15 is 0 Å². The minimum Gasteiger partial charge on any atom is -0.355 e. The Labute approximate surface area is 108 Å². The van der Waals surface area contributed by atoms with Crippen molar-refractivity contribution >= 4 is 11.5 Å². The third-order valence-corrected chi connectivity index (χ3v) is 2.68. The predicted octanol–water partition coefficient (Wildman–Crippen LogP) is 0.806. The van der Waals surface area contributed by atoms with Crippen LogP contribution >= 0.6 is 0 Å². The van der Waals surface area contributed by atoms with E-state index in [0.717, 1.165) is 0 Å². The van der Waals surface area contributed by atoms with Crippen LogP contribution in [0, 0.1) is 17.0 Å². The van der Waals surface area contributed by atoms with Gasteiger partial charge in [0.25, 0.3) is 0 Å². The van der Waals surface area contributed by atoms with Crippen molar-refractivity contribution in [2.24, 2.45) is 0 Å². The number of aryl methyl sites for hydroxylation is 2. The Hall–Kier alpha value is -2.52. The quantitative estimate of drug-likeness (QED) is 0.605. The van der Waals surface area contributed by atoms with Gasteiger partial charge in [-0.3, -0.25) is 10.1 Å². The maximum absolute atomic E-state index is 11.1. The molecule has 1 unspecified atom stereocenters. The summed E-state index contributed by atoms with van der Waals surface area (Å²) >= 11 is 0. The van der Waals surface area contributed by atoms with Gasteiger partial charge in [0.05, 0.1) is 11.0 Å². The third kappa shape index (κ3) is 2.37. The first-order valence-corrected chi connectivity index (χ1v) is 5.76. The zero-order chi connectivity index (χ0) is 14.0. The topological polar surface area (TPSA) is 127 Å². The second-order valence-corrected chi connectivity index (χ2v) is 3.99. The number of tetrazole rings is 1. The van der Waals surface area contributed by atoms with Crippen LogP contribution in [0.2, 0.25) is 0 Å². The number of aromatic amines is 1. The molecule has 0 aromatic carbocycles. The highest BCUT2D eigenvalue weighted by Crippen LogP contribution is 2.30. The Bertz CT molecular complexity index is 575. The summed E-state index contributed by atoms with van der Waals surface area (Å²) < 4.78 is 1.55. The highest BCUT2D eigenvalue weighted by atomic mass is 16.6. The van der Waals surface area contributed by atoms with E-state index < -0.39 is 4.92 Å². The van der Waals surface area contributed by atoms with E-state index in [1.807, 2.05) is 6.92 Å². The maximum Gasteiger partial charge on any atom is 0.333 e. The number of H-pyrrole nitrogens is 1. The zero-order valence-corrected chi connectivity index (χ0v) is 10.8. The van der Waals surface area contributed by atoms with Crippen molar-refractivity contribution in [1.29, 1.82) is 0 Å². The molecule has 2 aromatic rings. The lowest BCUT2D eigenvalue weighted by Crippen LogP contribution is -2.13. The van der Waals surface area contributed by atoms with Gasteiger partial charge in [-0.25, -0.2) is 4.68 Å². The number of nitrogens with one attached hydrogen (secondary N) is 2. The number of hydrogen-bond acceptors (Lipinski definition) is 7. The number of hydrogen-bond donors (Lipinski definition) is 2. The van der Waals surface area contributed by atoms with Crippen molar-refractivity contribution in [1.82, 2.24) is 30.4 Å². The molecule has 0 aliphatic rings. The minimum atomic E-state index is -0.445. The first kappa shape index (κ1) is 12.9. The molecule has 0 spiro atoms. The van der Waals surface area contributed by atoms with Crippen molar-refractivity contribution < 1.29 is 4.92 Å². The molecule has 0 radical (unpaired) electrons. The average molecular weight is 266 g/mol. The van der Waals surface area contributed by atoms with Crippen LogP contribution in [0.3, 0.4) is 0 Å². The van der Waals surface area contributed by atoms with Gasteiger partial charge < -0.3 is 5.32 Å². The summed E-state index contributed by atoms with van der Waals surface area (Å²) in [5.41, 5.74) is 0.340. The van der Waals surface area contributed by atoms with E-state index in [4.69, 9.17) is 0 Å². The van der Waals surface area contributed by atoms with Crippen molar-refractivity contribution in [3.05, 3.63) is 21.6 Å². The van der Waals surface area contributed by atoms with Crippen LogP contribution in [0.5, 0.6) is 0 Å². The fourth-order valence-corrected chi connectivity index (χ4v) is 1.78. The van der Waals surface area contributed by atoms with Gasteiger partial charge in [0.2, 0.25) is 5.82 Å².